The van der Waals surface area contributed by atoms with Gasteiger partial charge in [-0.05, 0) is 25.1 Å². The van der Waals surface area contributed by atoms with Crippen molar-refractivity contribution < 1.29 is 4.74 Å². The van der Waals surface area contributed by atoms with E-state index in [-0.39, 0.29) is 0 Å². The Morgan fingerprint density at radius 2 is 2.33 bits per heavy atom. The fourth-order valence-corrected chi connectivity index (χ4v) is 2.70. The Hall–Kier alpha value is -0.850. The molecule has 1 aromatic carbocycles. The van der Waals surface area contributed by atoms with E-state index < -0.39 is 0 Å². The fourth-order valence-electron chi connectivity index (χ4n) is 1.34. The van der Waals surface area contributed by atoms with Crippen LogP contribution < -0.4 is 10.1 Å². The molecule has 96 valence electrons. The Balaban J connectivity index is 2.04. The average molecular weight is 349 g/mol. The lowest BCUT2D eigenvalue weighted by Gasteiger charge is -2.07. The fraction of sp³-hybridized carbons (Fsp3) is 0.273. The van der Waals surface area contributed by atoms with Crippen LogP contribution >= 0.6 is 39.1 Å². The Morgan fingerprint density at radius 3 is 3.06 bits per heavy atom. The second-order valence-corrected chi connectivity index (χ2v) is 5.52. The zero-order valence-electron chi connectivity index (χ0n) is 9.61. The average Bonchev–Trinajstić information content (AvgIpc) is 2.76. The highest BCUT2D eigenvalue weighted by atomic mass is 79.9. The van der Waals surface area contributed by atoms with E-state index >= 15 is 0 Å². The Bertz CT molecular complexity index is 535. The summed E-state index contributed by atoms with van der Waals surface area (Å²) in [4.78, 5) is 0. The summed E-state index contributed by atoms with van der Waals surface area (Å²) in [5.74, 6) is 0.635. The summed E-state index contributed by atoms with van der Waals surface area (Å²) in [5, 5.41) is 8.72. The number of aromatic nitrogens is 2. The number of benzene rings is 1. The number of halogens is 2. The van der Waals surface area contributed by atoms with E-state index in [2.05, 4.69) is 30.8 Å². The lowest BCUT2D eigenvalue weighted by molar-refractivity contribution is 0.302. The number of anilines is 1. The zero-order chi connectivity index (χ0) is 13.0. The molecule has 0 amide bonds. The van der Waals surface area contributed by atoms with Gasteiger partial charge in [0.05, 0.1) is 5.02 Å². The molecular formula is C11H11BrClN3OS. The number of nitrogens with zero attached hydrogens (tertiary/aromatic N) is 2. The SMILES string of the molecule is CCNc1snnc1COc1ccc(Br)cc1Cl. The number of rotatable bonds is 5. The first kappa shape index (κ1) is 13.6. The van der Waals surface area contributed by atoms with Gasteiger partial charge in [-0.25, -0.2) is 0 Å². The zero-order valence-corrected chi connectivity index (χ0v) is 12.8. The standard InChI is InChI=1S/C11H11BrClN3OS/c1-2-14-11-9(15-16-18-11)6-17-10-4-3-7(12)5-8(10)13/h3-5,14H,2,6H2,1H3. The highest BCUT2D eigenvalue weighted by molar-refractivity contribution is 9.10. The van der Waals surface area contributed by atoms with Crippen molar-refractivity contribution in [2.75, 3.05) is 11.9 Å². The molecule has 0 aliphatic rings. The molecule has 2 rings (SSSR count). The van der Waals surface area contributed by atoms with E-state index in [4.69, 9.17) is 16.3 Å². The minimum absolute atomic E-state index is 0.347. The Kier molecular flexibility index (Phi) is 4.79. The maximum Gasteiger partial charge on any atom is 0.138 e. The van der Waals surface area contributed by atoms with Gasteiger partial charge in [0.1, 0.15) is 23.1 Å². The number of hydrogen-bond acceptors (Lipinski definition) is 5. The van der Waals surface area contributed by atoms with Gasteiger partial charge in [-0.1, -0.05) is 32.0 Å². The molecule has 0 saturated heterocycles. The largest absolute Gasteiger partial charge is 0.486 e. The molecule has 0 aliphatic carbocycles. The van der Waals surface area contributed by atoms with Gasteiger partial charge in [0, 0.05) is 22.5 Å². The first-order chi connectivity index (χ1) is 8.70. The maximum absolute atomic E-state index is 6.07. The number of ether oxygens (including phenoxy) is 1. The molecule has 0 saturated carbocycles. The van der Waals surface area contributed by atoms with Crippen molar-refractivity contribution >= 4 is 44.1 Å². The molecule has 7 heteroatoms. The van der Waals surface area contributed by atoms with Crippen molar-refractivity contribution in [3.05, 3.63) is 33.4 Å². The second kappa shape index (κ2) is 6.36. The molecule has 4 nitrogen and oxygen atoms in total. The van der Waals surface area contributed by atoms with E-state index in [1.165, 1.54) is 11.5 Å². The molecule has 0 aliphatic heterocycles. The molecule has 18 heavy (non-hydrogen) atoms. The third kappa shape index (κ3) is 3.34. The Morgan fingerprint density at radius 1 is 1.50 bits per heavy atom. The van der Waals surface area contributed by atoms with Gasteiger partial charge in [-0.15, -0.1) is 5.10 Å². The summed E-state index contributed by atoms with van der Waals surface area (Å²) >= 11 is 10.7. The highest BCUT2D eigenvalue weighted by Gasteiger charge is 2.09. The summed E-state index contributed by atoms with van der Waals surface area (Å²) in [6.07, 6.45) is 0. The van der Waals surface area contributed by atoms with Crippen molar-refractivity contribution in [3.8, 4) is 5.75 Å². The van der Waals surface area contributed by atoms with E-state index in [9.17, 15) is 0 Å². The van der Waals surface area contributed by atoms with Crippen LogP contribution in [0.1, 0.15) is 12.6 Å². The summed E-state index contributed by atoms with van der Waals surface area (Å²) in [5.41, 5.74) is 0.792. The van der Waals surface area contributed by atoms with Crippen LogP contribution in [0.2, 0.25) is 5.02 Å². The van der Waals surface area contributed by atoms with Crippen molar-refractivity contribution in [1.29, 1.82) is 0 Å². The molecular weight excluding hydrogens is 338 g/mol. The lowest BCUT2D eigenvalue weighted by atomic mass is 10.3. The predicted molar refractivity (Wildman–Crippen MR) is 77.6 cm³/mol. The van der Waals surface area contributed by atoms with Gasteiger partial charge in [-0.2, -0.15) is 0 Å². The third-order valence-electron chi connectivity index (χ3n) is 2.15. The van der Waals surface area contributed by atoms with Gasteiger partial charge >= 0.3 is 0 Å². The van der Waals surface area contributed by atoms with Crippen molar-refractivity contribution in [2.45, 2.75) is 13.5 Å². The maximum atomic E-state index is 6.07. The van der Waals surface area contributed by atoms with Crippen molar-refractivity contribution in [1.82, 2.24) is 9.59 Å². The van der Waals surface area contributed by atoms with Gasteiger partial charge in [-0.3, -0.25) is 0 Å². The molecule has 0 unspecified atom stereocenters. The summed E-state index contributed by atoms with van der Waals surface area (Å²) < 4.78 is 10.5. The highest BCUT2D eigenvalue weighted by Crippen LogP contribution is 2.29. The van der Waals surface area contributed by atoms with E-state index in [1.54, 1.807) is 6.07 Å². The van der Waals surface area contributed by atoms with Crippen LogP contribution in [0.15, 0.2) is 22.7 Å². The normalized spacial score (nSPS) is 10.4. The Labute approximate surface area is 123 Å². The van der Waals surface area contributed by atoms with E-state index in [0.29, 0.717) is 17.4 Å². The first-order valence-electron chi connectivity index (χ1n) is 5.33. The van der Waals surface area contributed by atoms with Crippen LogP contribution in [0.4, 0.5) is 5.00 Å². The first-order valence-corrected chi connectivity index (χ1v) is 7.28. The molecule has 0 bridgehead atoms. The van der Waals surface area contributed by atoms with Crippen LogP contribution in [0.5, 0.6) is 5.75 Å². The van der Waals surface area contributed by atoms with Crippen LogP contribution in [0.3, 0.4) is 0 Å². The lowest BCUT2D eigenvalue weighted by Crippen LogP contribution is -2.02. The molecule has 1 N–H and O–H groups in total. The second-order valence-electron chi connectivity index (χ2n) is 3.44. The summed E-state index contributed by atoms with van der Waals surface area (Å²) in [6, 6.07) is 5.49. The summed E-state index contributed by atoms with van der Waals surface area (Å²) in [7, 11) is 0. The molecule has 0 atom stereocenters. The molecule has 1 heterocycles. The van der Waals surface area contributed by atoms with Crippen molar-refractivity contribution in [2.24, 2.45) is 0 Å². The van der Waals surface area contributed by atoms with E-state index in [1.807, 2.05) is 19.1 Å². The van der Waals surface area contributed by atoms with Gasteiger partial charge < -0.3 is 10.1 Å². The van der Waals surface area contributed by atoms with E-state index in [0.717, 1.165) is 21.7 Å². The molecule has 2 aromatic rings. The minimum Gasteiger partial charge on any atom is -0.486 e. The number of nitrogens with one attached hydrogen (secondary N) is 1. The minimum atomic E-state index is 0.347. The third-order valence-corrected chi connectivity index (χ3v) is 3.67. The van der Waals surface area contributed by atoms with Crippen LogP contribution in [-0.2, 0) is 6.61 Å². The smallest absolute Gasteiger partial charge is 0.138 e. The summed E-state index contributed by atoms with van der Waals surface area (Å²) in [6.45, 7) is 3.20. The van der Waals surface area contributed by atoms with Crippen LogP contribution in [-0.4, -0.2) is 16.1 Å². The quantitative estimate of drug-likeness (QED) is 0.888. The van der Waals surface area contributed by atoms with Crippen LogP contribution in [0.25, 0.3) is 0 Å². The molecule has 0 spiro atoms. The molecule has 1 aromatic heterocycles. The van der Waals surface area contributed by atoms with Gasteiger partial charge in [0.25, 0.3) is 0 Å². The van der Waals surface area contributed by atoms with Crippen LogP contribution in [0, 0.1) is 0 Å². The molecule has 0 radical (unpaired) electrons. The van der Waals surface area contributed by atoms with Gasteiger partial charge in [0.15, 0.2) is 0 Å². The topological polar surface area (TPSA) is 47.0 Å². The number of hydrogen-bond donors (Lipinski definition) is 1. The molecule has 0 fully saturated rings. The monoisotopic (exact) mass is 347 g/mol. The van der Waals surface area contributed by atoms with Crippen molar-refractivity contribution in [3.63, 3.8) is 0 Å². The van der Waals surface area contributed by atoms with Gasteiger partial charge in [0.2, 0.25) is 0 Å². The predicted octanol–water partition coefficient (Wildman–Crippen LogP) is 3.96.